The monoisotopic (exact) mass is 334 g/mol. The average molecular weight is 334 g/mol. The molecular formula is C20H18N2OS. The van der Waals surface area contributed by atoms with Crippen LogP contribution in [0.15, 0.2) is 48.7 Å². The zero-order valence-corrected chi connectivity index (χ0v) is 14.7. The third-order valence-corrected chi connectivity index (χ3v) is 4.90. The van der Waals surface area contributed by atoms with Crippen molar-refractivity contribution in [2.75, 3.05) is 7.11 Å². The topological polar surface area (TPSA) is 27.1 Å². The van der Waals surface area contributed by atoms with E-state index in [9.17, 15) is 0 Å². The molecule has 0 spiro atoms. The van der Waals surface area contributed by atoms with Crippen LogP contribution in [-0.2, 0) is 0 Å². The van der Waals surface area contributed by atoms with E-state index in [2.05, 4.69) is 38.1 Å². The van der Waals surface area contributed by atoms with Gasteiger partial charge in [0.2, 0.25) is 0 Å². The summed E-state index contributed by atoms with van der Waals surface area (Å²) in [5.41, 5.74) is 6.13. The highest BCUT2D eigenvalue weighted by Gasteiger charge is 2.28. The summed E-state index contributed by atoms with van der Waals surface area (Å²) in [6.45, 7) is 4.39. The molecule has 3 aromatic rings. The molecule has 120 valence electrons. The third-order valence-electron chi connectivity index (χ3n) is 4.50. The summed E-state index contributed by atoms with van der Waals surface area (Å²) in [7, 11) is 1.68. The first kappa shape index (κ1) is 15.1. The summed E-state index contributed by atoms with van der Waals surface area (Å²) in [5.74, 6) is 1.29. The fourth-order valence-corrected chi connectivity index (χ4v) is 3.49. The van der Waals surface area contributed by atoms with E-state index >= 15 is 0 Å². The molecule has 0 aliphatic carbocycles. The molecule has 0 radical (unpaired) electrons. The molecule has 24 heavy (non-hydrogen) atoms. The van der Waals surface area contributed by atoms with Gasteiger partial charge in [-0.15, -0.1) is 0 Å². The maximum atomic E-state index is 5.61. The van der Waals surface area contributed by atoms with Gasteiger partial charge in [0, 0.05) is 17.8 Å². The molecule has 0 unspecified atom stereocenters. The van der Waals surface area contributed by atoms with Crippen LogP contribution in [0.1, 0.15) is 30.9 Å². The Bertz CT molecular complexity index is 939. The van der Waals surface area contributed by atoms with Crippen molar-refractivity contribution in [1.82, 2.24) is 9.55 Å². The molecule has 0 atom stereocenters. The highest BCUT2D eigenvalue weighted by Crippen LogP contribution is 2.39. The first-order chi connectivity index (χ1) is 11.6. The second-order valence-electron chi connectivity index (χ2n) is 6.28. The van der Waals surface area contributed by atoms with Gasteiger partial charge < -0.3 is 9.30 Å². The zero-order valence-electron chi connectivity index (χ0n) is 13.9. The number of methoxy groups -OCH3 is 1. The van der Waals surface area contributed by atoms with Crippen molar-refractivity contribution in [3.05, 3.63) is 59.8 Å². The fraction of sp³-hybridized carbons (Fsp3) is 0.200. The largest absolute Gasteiger partial charge is 0.496 e. The predicted molar refractivity (Wildman–Crippen MR) is 101 cm³/mol. The van der Waals surface area contributed by atoms with Gasteiger partial charge in [-0.25, -0.2) is 4.98 Å². The number of hydrogen-bond donors (Lipinski definition) is 0. The van der Waals surface area contributed by atoms with Crippen molar-refractivity contribution in [3.63, 3.8) is 0 Å². The molecule has 3 heterocycles. The zero-order chi connectivity index (χ0) is 16.8. The Morgan fingerprint density at radius 3 is 2.54 bits per heavy atom. The van der Waals surface area contributed by atoms with Gasteiger partial charge in [-0.05, 0) is 23.6 Å². The van der Waals surface area contributed by atoms with Gasteiger partial charge in [0.05, 0.1) is 24.1 Å². The van der Waals surface area contributed by atoms with Gasteiger partial charge in [0.25, 0.3) is 0 Å². The first-order valence-corrected chi connectivity index (χ1v) is 8.42. The van der Waals surface area contributed by atoms with Gasteiger partial charge in [-0.1, -0.05) is 50.3 Å². The lowest BCUT2D eigenvalue weighted by atomic mass is 10.00. The summed E-state index contributed by atoms with van der Waals surface area (Å²) < 4.78 is 7.60. The molecule has 0 bridgehead atoms. The van der Waals surface area contributed by atoms with Gasteiger partial charge in [0.15, 0.2) is 0 Å². The number of rotatable bonds is 3. The lowest BCUT2D eigenvalue weighted by Gasteiger charge is -2.11. The van der Waals surface area contributed by atoms with Gasteiger partial charge in [0.1, 0.15) is 16.4 Å². The van der Waals surface area contributed by atoms with Crippen LogP contribution < -0.4 is 4.74 Å². The molecule has 0 N–H and O–H groups in total. The molecule has 3 nitrogen and oxygen atoms in total. The van der Waals surface area contributed by atoms with Crippen molar-refractivity contribution in [2.45, 2.75) is 19.8 Å². The van der Waals surface area contributed by atoms with Gasteiger partial charge in [-0.3, -0.25) is 0 Å². The van der Waals surface area contributed by atoms with Crippen molar-refractivity contribution in [2.24, 2.45) is 0 Å². The summed E-state index contributed by atoms with van der Waals surface area (Å²) in [4.78, 5) is 5.63. The van der Waals surface area contributed by atoms with E-state index < -0.39 is 0 Å². The highest BCUT2D eigenvalue weighted by atomic mass is 32.1. The number of pyridine rings is 1. The lowest BCUT2D eigenvalue weighted by molar-refractivity contribution is 0.414. The van der Waals surface area contributed by atoms with Crippen LogP contribution in [0.2, 0.25) is 0 Å². The molecule has 0 saturated heterocycles. The smallest absolute Gasteiger partial charge is 0.133 e. The van der Waals surface area contributed by atoms with Crippen LogP contribution in [0, 0.1) is 0 Å². The van der Waals surface area contributed by atoms with Crippen LogP contribution in [0.3, 0.4) is 0 Å². The van der Waals surface area contributed by atoms with Gasteiger partial charge in [-0.2, -0.15) is 0 Å². The van der Waals surface area contributed by atoms with Crippen molar-refractivity contribution in [3.8, 4) is 28.4 Å². The Kier molecular flexibility index (Phi) is 3.50. The number of fused-ring (bicyclic) bond motifs is 3. The Labute approximate surface area is 146 Å². The van der Waals surface area contributed by atoms with E-state index in [1.807, 2.05) is 29.0 Å². The normalized spacial score (nSPS) is 12.4. The predicted octanol–water partition coefficient (Wildman–Crippen LogP) is 4.89. The Morgan fingerprint density at radius 2 is 1.88 bits per heavy atom. The molecular weight excluding hydrogens is 316 g/mol. The maximum Gasteiger partial charge on any atom is 0.133 e. The van der Waals surface area contributed by atoms with E-state index in [1.54, 1.807) is 7.11 Å². The van der Waals surface area contributed by atoms with Crippen LogP contribution >= 0.6 is 12.2 Å². The Morgan fingerprint density at radius 1 is 1.12 bits per heavy atom. The molecule has 0 amide bonds. The number of benzene rings is 1. The molecule has 0 saturated carbocycles. The van der Waals surface area contributed by atoms with E-state index in [0.29, 0.717) is 5.92 Å². The van der Waals surface area contributed by atoms with E-state index in [0.717, 1.165) is 38.9 Å². The molecule has 4 heteroatoms. The molecule has 1 aliphatic rings. The minimum absolute atomic E-state index is 0.516. The average Bonchev–Trinajstić information content (AvgIpc) is 3.18. The van der Waals surface area contributed by atoms with Crippen molar-refractivity contribution >= 4 is 17.2 Å². The van der Waals surface area contributed by atoms with Crippen LogP contribution in [0.25, 0.3) is 22.6 Å². The fourth-order valence-electron chi connectivity index (χ4n) is 3.13. The van der Waals surface area contributed by atoms with E-state index in [1.165, 1.54) is 5.56 Å². The first-order valence-electron chi connectivity index (χ1n) is 8.02. The SMILES string of the molecule is COc1cc(-c2ccc(C(C)C)cc2)nc2c1C(=S)n1cccc1-2. The molecule has 4 rings (SSSR count). The summed E-state index contributed by atoms with van der Waals surface area (Å²) in [5, 5.41) is 0. The maximum absolute atomic E-state index is 5.61. The minimum Gasteiger partial charge on any atom is -0.496 e. The molecule has 0 fully saturated rings. The summed E-state index contributed by atoms with van der Waals surface area (Å²) >= 11 is 5.58. The minimum atomic E-state index is 0.516. The quantitative estimate of drug-likeness (QED) is 0.499. The molecule has 1 aliphatic heterocycles. The number of thiocarbonyl (C=S) groups is 1. The van der Waals surface area contributed by atoms with Crippen molar-refractivity contribution in [1.29, 1.82) is 0 Å². The Hall–Kier alpha value is -2.46. The Balaban J connectivity index is 1.88. The third kappa shape index (κ3) is 2.18. The van der Waals surface area contributed by atoms with Crippen LogP contribution in [0.4, 0.5) is 0 Å². The second-order valence-corrected chi connectivity index (χ2v) is 6.67. The van der Waals surface area contributed by atoms with Crippen LogP contribution in [0.5, 0.6) is 5.75 Å². The highest BCUT2D eigenvalue weighted by molar-refractivity contribution is 7.80. The summed E-state index contributed by atoms with van der Waals surface area (Å²) in [6, 6.07) is 14.6. The summed E-state index contributed by atoms with van der Waals surface area (Å²) in [6.07, 6.45) is 1.97. The van der Waals surface area contributed by atoms with Crippen LogP contribution in [-0.4, -0.2) is 21.6 Å². The number of hydrogen-bond acceptors (Lipinski definition) is 3. The lowest BCUT2D eigenvalue weighted by Crippen LogP contribution is -2.05. The molecule has 1 aromatic carbocycles. The van der Waals surface area contributed by atoms with E-state index in [4.69, 9.17) is 21.9 Å². The van der Waals surface area contributed by atoms with Gasteiger partial charge >= 0.3 is 0 Å². The number of nitrogens with zero attached hydrogens (tertiary/aromatic N) is 2. The standard InChI is InChI=1S/C20H18N2OS/c1-12(2)13-6-8-14(9-7-13)15-11-17(23-3)18-19(21-15)16-5-4-10-22(16)20(18)24/h4-12H,1-3H3. The van der Waals surface area contributed by atoms with E-state index in [-0.39, 0.29) is 0 Å². The molecule has 2 aromatic heterocycles. The second kappa shape index (κ2) is 5.56. The number of aromatic nitrogens is 2. The number of ether oxygens (including phenoxy) is 1. The van der Waals surface area contributed by atoms with Crippen molar-refractivity contribution < 1.29 is 4.74 Å².